The van der Waals surface area contributed by atoms with E-state index in [-0.39, 0.29) is 22.9 Å². The van der Waals surface area contributed by atoms with Gasteiger partial charge in [-0.05, 0) is 25.1 Å². The molecular formula is C13H24ClNO4Si. The van der Waals surface area contributed by atoms with Crippen LogP contribution < -0.4 is 5.32 Å². The normalized spacial score (nSPS) is 24.6. The van der Waals surface area contributed by atoms with Crippen LogP contribution in [-0.4, -0.2) is 38.4 Å². The van der Waals surface area contributed by atoms with E-state index >= 15 is 0 Å². The van der Waals surface area contributed by atoms with Gasteiger partial charge >= 0.3 is 5.97 Å². The van der Waals surface area contributed by atoms with Crippen molar-refractivity contribution in [2.45, 2.75) is 58.2 Å². The van der Waals surface area contributed by atoms with Crippen molar-refractivity contribution >= 4 is 31.8 Å². The van der Waals surface area contributed by atoms with E-state index in [1.807, 2.05) is 6.92 Å². The number of alkyl halides is 1. The molecule has 3 unspecified atom stereocenters. The number of hydrogen-bond acceptors (Lipinski definition) is 4. The number of esters is 1. The molecule has 0 aromatic rings. The number of halogens is 1. The number of carbonyl (C=O) groups is 2. The maximum absolute atomic E-state index is 11.7. The first kappa shape index (κ1) is 17.5. The van der Waals surface area contributed by atoms with Crippen LogP contribution in [0.2, 0.25) is 18.1 Å². The Kier molecular flexibility index (Phi) is 5.27. The predicted octanol–water partition coefficient (Wildman–Crippen LogP) is 2.25. The van der Waals surface area contributed by atoms with Gasteiger partial charge in [-0.2, -0.15) is 0 Å². The van der Waals surface area contributed by atoms with Gasteiger partial charge in [0.1, 0.15) is 11.8 Å². The van der Waals surface area contributed by atoms with Crippen LogP contribution in [0.3, 0.4) is 0 Å². The summed E-state index contributed by atoms with van der Waals surface area (Å²) in [7, 11) is -1.97. The number of ether oxygens (including phenoxy) is 1. The quantitative estimate of drug-likeness (QED) is 0.365. The highest BCUT2D eigenvalue weighted by Gasteiger charge is 2.49. The van der Waals surface area contributed by atoms with Gasteiger partial charge in [-0.1, -0.05) is 20.8 Å². The zero-order valence-corrected chi connectivity index (χ0v) is 14.7. The van der Waals surface area contributed by atoms with Crippen LogP contribution in [0.5, 0.6) is 0 Å². The molecule has 1 heterocycles. The Morgan fingerprint density at radius 3 is 2.40 bits per heavy atom. The molecule has 1 fully saturated rings. The van der Waals surface area contributed by atoms with Crippen molar-refractivity contribution in [3.63, 3.8) is 0 Å². The average molecular weight is 322 g/mol. The molecule has 7 heteroatoms. The van der Waals surface area contributed by atoms with Crippen molar-refractivity contribution in [2.24, 2.45) is 5.92 Å². The summed E-state index contributed by atoms with van der Waals surface area (Å²) in [6, 6.07) is 0. The molecule has 1 aliphatic heterocycles. The van der Waals surface area contributed by atoms with Gasteiger partial charge in [-0.3, -0.25) is 9.59 Å². The summed E-state index contributed by atoms with van der Waals surface area (Å²) in [6.45, 7) is 12.5. The fourth-order valence-electron chi connectivity index (χ4n) is 1.82. The van der Waals surface area contributed by atoms with E-state index < -0.39 is 26.4 Å². The molecule has 0 spiro atoms. The number of amides is 1. The van der Waals surface area contributed by atoms with E-state index in [0.717, 1.165) is 0 Å². The lowest BCUT2D eigenvalue weighted by Gasteiger charge is -2.44. The molecule has 20 heavy (non-hydrogen) atoms. The van der Waals surface area contributed by atoms with Crippen molar-refractivity contribution in [3.8, 4) is 0 Å². The maximum atomic E-state index is 11.7. The van der Waals surface area contributed by atoms with Crippen LogP contribution in [0.15, 0.2) is 0 Å². The maximum Gasteiger partial charge on any atom is 0.322 e. The highest BCUT2D eigenvalue weighted by Crippen LogP contribution is 2.39. The molecule has 0 bridgehead atoms. The van der Waals surface area contributed by atoms with Crippen molar-refractivity contribution < 1.29 is 18.8 Å². The molecule has 116 valence electrons. The third kappa shape index (κ3) is 3.74. The molecule has 0 aromatic carbocycles. The largest absolute Gasteiger partial charge is 0.440 e. The Hall–Kier alpha value is -0.593. The van der Waals surface area contributed by atoms with Gasteiger partial charge in [-0.15, -0.1) is 11.6 Å². The second-order valence-corrected chi connectivity index (χ2v) is 11.7. The Morgan fingerprint density at radius 1 is 1.45 bits per heavy atom. The molecule has 1 aliphatic rings. The van der Waals surface area contributed by atoms with Crippen LogP contribution in [-0.2, 0) is 18.8 Å². The van der Waals surface area contributed by atoms with E-state index in [0.29, 0.717) is 0 Å². The van der Waals surface area contributed by atoms with Gasteiger partial charge in [0.25, 0.3) is 0 Å². The lowest BCUT2D eigenvalue weighted by molar-refractivity contribution is -0.172. The molecule has 1 rings (SSSR count). The molecule has 1 amide bonds. The topological polar surface area (TPSA) is 64.6 Å². The fourth-order valence-corrected chi connectivity index (χ4v) is 3.31. The van der Waals surface area contributed by atoms with E-state index in [4.69, 9.17) is 20.8 Å². The first-order valence-corrected chi connectivity index (χ1v) is 10.2. The van der Waals surface area contributed by atoms with E-state index in [1.54, 1.807) is 0 Å². The van der Waals surface area contributed by atoms with Gasteiger partial charge in [-0.25, -0.2) is 0 Å². The van der Waals surface area contributed by atoms with Gasteiger partial charge in [0.2, 0.25) is 5.91 Å². The van der Waals surface area contributed by atoms with Crippen molar-refractivity contribution in [1.29, 1.82) is 0 Å². The molecule has 1 N–H and O–H groups in total. The second-order valence-electron chi connectivity index (χ2n) is 6.66. The summed E-state index contributed by atoms with van der Waals surface area (Å²) in [5, 5.41) is 2.62. The summed E-state index contributed by atoms with van der Waals surface area (Å²) in [6.07, 6.45) is -0.925. The Bertz CT molecular complexity index is 394. The minimum absolute atomic E-state index is 0.0593. The molecule has 0 aliphatic carbocycles. The van der Waals surface area contributed by atoms with Gasteiger partial charge in [0, 0.05) is 0 Å². The standard InChI is InChI=1S/C13H24ClNO4Si/c1-8(19-20(5,6)13(2,3)4)10-11(17)15-12(10)18-9(16)7-14/h8,10,12H,7H2,1-6H3,(H,15,17). The molecule has 0 radical (unpaired) electrons. The van der Waals surface area contributed by atoms with Crippen LogP contribution in [0.4, 0.5) is 0 Å². The van der Waals surface area contributed by atoms with Crippen molar-refractivity contribution in [3.05, 3.63) is 0 Å². The molecule has 0 aromatic heterocycles. The number of nitrogens with one attached hydrogen (secondary N) is 1. The first-order valence-electron chi connectivity index (χ1n) is 6.73. The highest BCUT2D eigenvalue weighted by molar-refractivity contribution is 6.74. The second kappa shape index (κ2) is 6.03. The third-order valence-corrected chi connectivity index (χ3v) is 8.87. The van der Waals surface area contributed by atoms with Crippen LogP contribution >= 0.6 is 11.6 Å². The van der Waals surface area contributed by atoms with Crippen molar-refractivity contribution in [2.75, 3.05) is 5.88 Å². The van der Waals surface area contributed by atoms with E-state index in [2.05, 4.69) is 39.2 Å². The summed E-state index contributed by atoms with van der Waals surface area (Å²) in [5.41, 5.74) is 0. The number of carbonyl (C=O) groups excluding carboxylic acids is 2. The lowest BCUT2D eigenvalue weighted by atomic mass is 9.93. The summed E-state index contributed by atoms with van der Waals surface area (Å²) < 4.78 is 11.2. The van der Waals surface area contributed by atoms with Crippen LogP contribution in [0.25, 0.3) is 0 Å². The number of rotatable bonds is 5. The molecular weight excluding hydrogens is 298 g/mol. The molecule has 3 atom stereocenters. The molecule has 5 nitrogen and oxygen atoms in total. The zero-order chi connectivity index (χ0) is 15.7. The third-order valence-electron chi connectivity index (χ3n) is 4.07. The van der Waals surface area contributed by atoms with Crippen LogP contribution in [0, 0.1) is 5.92 Å². The van der Waals surface area contributed by atoms with Crippen LogP contribution in [0.1, 0.15) is 27.7 Å². The first-order chi connectivity index (χ1) is 8.99. The average Bonchev–Trinajstić information content (AvgIpc) is 2.25. The monoisotopic (exact) mass is 321 g/mol. The Labute approximate surface area is 126 Å². The van der Waals surface area contributed by atoms with Gasteiger partial charge < -0.3 is 14.5 Å². The SMILES string of the molecule is CC(O[Si](C)(C)C(C)(C)C)C1C(=O)NC1OC(=O)CCl. The van der Waals surface area contributed by atoms with Gasteiger partial charge in [0.05, 0.1) is 6.10 Å². The van der Waals surface area contributed by atoms with E-state index in [9.17, 15) is 9.59 Å². The Balaban J connectivity index is 2.68. The van der Waals surface area contributed by atoms with Crippen molar-refractivity contribution in [1.82, 2.24) is 5.32 Å². The summed E-state index contributed by atoms with van der Waals surface area (Å²) >= 11 is 5.40. The smallest absolute Gasteiger partial charge is 0.322 e. The summed E-state index contributed by atoms with van der Waals surface area (Å²) in [4.78, 5) is 22.9. The minimum atomic E-state index is -1.97. The Morgan fingerprint density at radius 2 is 2.00 bits per heavy atom. The van der Waals surface area contributed by atoms with Gasteiger partial charge in [0.15, 0.2) is 14.5 Å². The fraction of sp³-hybridized carbons (Fsp3) is 0.846. The molecule has 1 saturated heterocycles. The number of β-lactam (4-membered cyclic amide) rings is 1. The zero-order valence-electron chi connectivity index (χ0n) is 13.0. The predicted molar refractivity (Wildman–Crippen MR) is 80.0 cm³/mol. The summed E-state index contributed by atoms with van der Waals surface area (Å²) in [5.74, 6) is -1.38. The number of hydrogen-bond donors (Lipinski definition) is 1. The highest BCUT2D eigenvalue weighted by atomic mass is 35.5. The molecule has 0 saturated carbocycles. The minimum Gasteiger partial charge on any atom is -0.440 e. The van der Waals surface area contributed by atoms with E-state index in [1.165, 1.54) is 0 Å². The lowest BCUT2D eigenvalue weighted by Crippen LogP contribution is -2.65.